The summed E-state index contributed by atoms with van der Waals surface area (Å²) in [6.45, 7) is 5.70. The summed E-state index contributed by atoms with van der Waals surface area (Å²) in [6.07, 6.45) is 1.21. The molecule has 1 aliphatic heterocycles. The second-order valence-electron chi connectivity index (χ2n) is 8.60. The summed E-state index contributed by atoms with van der Waals surface area (Å²) in [5.74, 6) is -3.55. The van der Waals surface area contributed by atoms with Crippen LogP contribution in [0.15, 0.2) is 4.99 Å². The smallest absolute Gasteiger partial charge is 0.326 e. The Balaban J connectivity index is 2.93. The summed E-state index contributed by atoms with van der Waals surface area (Å²) in [5.41, 5.74) is 10.6. The van der Waals surface area contributed by atoms with Crippen LogP contribution >= 0.6 is 0 Å². The highest BCUT2D eigenvalue weighted by molar-refractivity contribution is 5.94. The van der Waals surface area contributed by atoms with Gasteiger partial charge in [0.15, 0.2) is 5.96 Å². The van der Waals surface area contributed by atoms with Gasteiger partial charge in [0.25, 0.3) is 0 Å². The summed E-state index contributed by atoms with van der Waals surface area (Å²) in [7, 11) is 0. The van der Waals surface area contributed by atoms with Gasteiger partial charge in [-0.2, -0.15) is 0 Å². The van der Waals surface area contributed by atoms with Crippen molar-refractivity contribution in [1.29, 1.82) is 0 Å². The fraction of sp³-hybridized carbons (Fsp3) is 0.762. The molecule has 1 rings (SSSR count). The molecule has 0 aliphatic carbocycles. The SMILES string of the molecule is CC[C@H](C)[C@H](NC(=O)[C@@H](NC(=O)[C@H](CCCN=C(N)N)NC(=O)[C@@H]1CCCN1)[C@@H](C)O)C(=O)O. The van der Waals surface area contributed by atoms with Crippen molar-refractivity contribution in [2.75, 3.05) is 13.1 Å². The zero-order valence-corrected chi connectivity index (χ0v) is 20.0. The molecule has 0 aromatic rings. The minimum absolute atomic E-state index is 0.0969. The molecule has 1 aliphatic rings. The van der Waals surface area contributed by atoms with Gasteiger partial charge in [0.05, 0.1) is 12.1 Å². The standard InChI is InChI=1S/C21H39N7O6/c1-4-11(2)15(20(33)34)27-19(32)16(12(3)29)28-18(31)14(8-6-10-25-21(22)23)26-17(30)13-7-5-9-24-13/h11-16,24,29H,4-10H2,1-3H3,(H,26,30)(H,27,32)(H,28,31)(H,33,34)(H4,22,23,25)/t11-,12+,13-,14-,15-,16-/m0/s1. The molecule has 13 nitrogen and oxygen atoms in total. The second-order valence-corrected chi connectivity index (χ2v) is 8.60. The Morgan fingerprint density at radius 3 is 2.24 bits per heavy atom. The third-order valence-electron chi connectivity index (χ3n) is 5.79. The number of hydrogen-bond donors (Lipinski definition) is 8. The predicted molar refractivity (Wildman–Crippen MR) is 125 cm³/mol. The Kier molecular flexibility index (Phi) is 12.3. The van der Waals surface area contributed by atoms with Gasteiger partial charge in [-0.05, 0) is 45.1 Å². The number of aliphatic imine (C=N–C) groups is 1. The van der Waals surface area contributed by atoms with E-state index < -0.39 is 48.1 Å². The van der Waals surface area contributed by atoms with E-state index in [1.807, 2.05) is 0 Å². The van der Waals surface area contributed by atoms with Crippen LogP contribution in [0.3, 0.4) is 0 Å². The van der Waals surface area contributed by atoms with Gasteiger partial charge >= 0.3 is 5.97 Å². The number of guanidine groups is 1. The third-order valence-corrected chi connectivity index (χ3v) is 5.79. The molecule has 13 heteroatoms. The second kappa shape index (κ2) is 14.4. The van der Waals surface area contributed by atoms with Crippen LogP contribution in [0.25, 0.3) is 0 Å². The van der Waals surface area contributed by atoms with E-state index in [1.54, 1.807) is 13.8 Å². The van der Waals surface area contributed by atoms with Gasteiger partial charge in [0.1, 0.15) is 18.1 Å². The van der Waals surface area contributed by atoms with Gasteiger partial charge in [0, 0.05) is 6.54 Å². The molecule has 0 aromatic carbocycles. The van der Waals surface area contributed by atoms with E-state index >= 15 is 0 Å². The number of nitrogens with zero attached hydrogens (tertiary/aromatic N) is 1. The maximum absolute atomic E-state index is 13.0. The first-order chi connectivity index (χ1) is 16.0. The van der Waals surface area contributed by atoms with Crippen molar-refractivity contribution in [3.63, 3.8) is 0 Å². The van der Waals surface area contributed by atoms with Crippen LogP contribution < -0.4 is 32.7 Å². The van der Waals surface area contributed by atoms with Crippen molar-refractivity contribution >= 4 is 29.7 Å². The van der Waals surface area contributed by atoms with Gasteiger partial charge in [0.2, 0.25) is 17.7 Å². The molecule has 194 valence electrons. The normalized spacial score (nSPS) is 19.7. The fourth-order valence-electron chi connectivity index (χ4n) is 3.54. The van der Waals surface area contributed by atoms with Crippen LogP contribution in [0.5, 0.6) is 0 Å². The van der Waals surface area contributed by atoms with E-state index in [0.29, 0.717) is 25.8 Å². The largest absolute Gasteiger partial charge is 0.480 e. The predicted octanol–water partition coefficient (Wildman–Crippen LogP) is -2.24. The van der Waals surface area contributed by atoms with E-state index in [2.05, 4.69) is 26.3 Å². The average Bonchev–Trinajstić information content (AvgIpc) is 3.31. The molecule has 34 heavy (non-hydrogen) atoms. The zero-order chi connectivity index (χ0) is 25.8. The average molecular weight is 486 g/mol. The minimum Gasteiger partial charge on any atom is -0.480 e. The van der Waals surface area contributed by atoms with Crippen molar-refractivity contribution in [1.82, 2.24) is 21.3 Å². The van der Waals surface area contributed by atoms with Crippen molar-refractivity contribution in [3.05, 3.63) is 0 Å². The third kappa shape index (κ3) is 9.51. The topological polar surface area (TPSA) is 221 Å². The highest BCUT2D eigenvalue weighted by atomic mass is 16.4. The highest BCUT2D eigenvalue weighted by Gasteiger charge is 2.34. The molecule has 6 atom stereocenters. The maximum Gasteiger partial charge on any atom is 0.326 e. The first-order valence-electron chi connectivity index (χ1n) is 11.6. The number of aliphatic carboxylic acids is 1. The molecule has 1 heterocycles. The Labute approximate surface area is 199 Å². The van der Waals surface area contributed by atoms with Gasteiger partial charge in [-0.1, -0.05) is 20.3 Å². The van der Waals surface area contributed by atoms with Gasteiger partial charge in [-0.25, -0.2) is 4.79 Å². The Morgan fingerprint density at radius 2 is 1.74 bits per heavy atom. The number of carbonyl (C=O) groups is 4. The molecule has 0 bridgehead atoms. The van der Waals surface area contributed by atoms with E-state index in [-0.39, 0.29) is 30.8 Å². The Bertz CT molecular complexity index is 735. The first kappa shape index (κ1) is 29.1. The van der Waals surface area contributed by atoms with Crippen molar-refractivity contribution in [2.45, 2.75) is 83.1 Å². The number of rotatable bonds is 14. The summed E-state index contributed by atoms with van der Waals surface area (Å²) in [5, 5.41) is 30.1. The van der Waals surface area contributed by atoms with E-state index in [4.69, 9.17) is 11.5 Å². The number of aliphatic hydroxyl groups excluding tert-OH is 1. The van der Waals surface area contributed by atoms with Crippen LogP contribution in [0.1, 0.15) is 52.9 Å². The van der Waals surface area contributed by atoms with Gasteiger partial charge in [-0.3, -0.25) is 19.4 Å². The number of aliphatic hydroxyl groups is 1. The van der Waals surface area contributed by atoms with Gasteiger partial charge < -0.3 is 42.9 Å². The molecule has 0 unspecified atom stereocenters. The fourth-order valence-corrected chi connectivity index (χ4v) is 3.54. The number of amides is 3. The van der Waals surface area contributed by atoms with Crippen molar-refractivity contribution in [3.8, 4) is 0 Å². The van der Waals surface area contributed by atoms with Gasteiger partial charge in [-0.15, -0.1) is 0 Å². The Hall–Kier alpha value is -2.93. The lowest BCUT2D eigenvalue weighted by Crippen LogP contribution is -2.60. The van der Waals surface area contributed by atoms with Crippen LogP contribution in [0.2, 0.25) is 0 Å². The quantitative estimate of drug-likeness (QED) is 0.0755. The summed E-state index contributed by atoms with van der Waals surface area (Å²) in [6, 6.07) is -4.03. The van der Waals surface area contributed by atoms with Crippen molar-refractivity contribution < 1.29 is 29.4 Å². The molecule has 10 N–H and O–H groups in total. The van der Waals surface area contributed by atoms with E-state index in [1.165, 1.54) is 6.92 Å². The number of carboxylic acid groups (broad SMARTS) is 1. The molecular weight excluding hydrogens is 446 g/mol. The lowest BCUT2D eigenvalue weighted by atomic mass is 9.98. The lowest BCUT2D eigenvalue weighted by Gasteiger charge is -2.27. The maximum atomic E-state index is 13.0. The van der Waals surface area contributed by atoms with Crippen LogP contribution in [0, 0.1) is 5.92 Å². The molecule has 0 spiro atoms. The minimum atomic E-state index is -1.42. The summed E-state index contributed by atoms with van der Waals surface area (Å²) < 4.78 is 0. The number of hydrogen-bond acceptors (Lipinski definition) is 7. The molecule has 0 aromatic heterocycles. The lowest BCUT2D eigenvalue weighted by molar-refractivity contribution is -0.144. The monoisotopic (exact) mass is 485 g/mol. The number of nitrogens with one attached hydrogen (secondary N) is 4. The van der Waals surface area contributed by atoms with Crippen LogP contribution in [0.4, 0.5) is 0 Å². The molecular formula is C21H39N7O6. The number of carboxylic acids is 1. The first-order valence-corrected chi connectivity index (χ1v) is 11.6. The Morgan fingerprint density at radius 1 is 1.09 bits per heavy atom. The number of nitrogens with two attached hydrogens (primary N) is 2. The molecule has 3 amide bonds. The summed E-state index contributed by atoms with van der Waals surface area (Å²) >= 11 is 0. The zero-order valence-electron chi connectivity index (χ0n) is 20.0. The molecule has 0 radical (unpaired) electrons. The molecule has 1 saturated heterocycles. The van der Waals surface area contributed by atoms with E-state index in [0.717, 1.165) is 6.42 Å². The summed E-state index contributed by atoms with van der Waals surface area (Å²) in [4.78, 5) is 53.7. The highest BCUT2D eigenvalue weighted by Crippen LogP contribution is 2.10. The number of carbonyl (C=O) groups excluding carboxylic acids is 3. The van der Waals surface area contributed by atoms with Crippen molar-refractivity contribution in [2.24, 2.45) is 22.4 Å². The van der Waals surface area contributed by atoms with E-state index in [9.17, 15) is 29.4 Å². The van der Waals surface area contributed by atoms with Crippen LogP contribution in [-0.4, -0.2) is 83.2 Å². The van der Waals surface area contributed by atoms with Crippen LogP contribution in [-0.2, 0) is 19.2 Å². The molecule has 1 fully saturated rings. The molecule has 0 saturated carbocycles.